The lowest BCUT2D eigenvalue weighted by Crippen LogP contribution is -2.49. The maximum absolute atomic E-state index is 13.6. The lowest BCUT2D eigenvalue weighted by molar-refractivity contribution is -0.140. The number of carbonyl (C=O) groups excluding carboxylic acids is 3. The molecule has 7 nitrogen and oxygen atoms in total. The van der Waals surface area contributed by atoms with Crippen LogP contribution in [0.3, 0.4) is 0 Å². The largest absolute Gasteiger partial charge is 0.444 e. The van der Waals surface area contributed by atoms with Crippen molar-refractivity contribution in [3.05, 3.63) is 34.9 Å². The molecule has 2 atom stereocenters. The van der Waals surface area contributed by atoms with Crippen molar-refractivity contribution in [1.82, 2.24) is 15.5 Å². The number of carbonyl (C=O) groups is 3. The summed E-state index contributed by atoms with van der Waals surface area (Å²) in [5.41, 5.74) is 2.19. The highest BCUT2D eigenvalue weighted by molar-refractivity contribution is 5.90. The Kier molecular flexibility index (Phi) is 12.1. The number of nitrogens with one attached hydrogen (secondary N) is 2. The van der Waals surface area contributed by atoms with Crippen LogP contribution in [0.5, 0.6) is 0 Å². The number of unbranched alkanes of at least 4 members (excludes halogenated alkanes) is 2. The molecule has 0 heterocycles. The minimum atomic E-state index is -0.773. The van der Waals surface area contributed by atoms with E-state index in [4.69, 9.17) is 4.74 Å². The first-order valence-corrected chi connectivity index (χ1v) is 12.5. The molecule has 1 aromatic rings. The number of aryl methyl sites for hydroxylation is 2. The second kappa shape index (κ2) is 14.0. The summed E-state index contributed by atoms with van der Waals surface area (Å²) in [4.78, 5) is 40.7. The number of ether oxygens (including phenoxy) is 1. The van der Waals surface area contributed by atoms with Crippen LogP contribution in [0, 0.1) is 13.8 Å². The standard InChI is InChI=1S/C27H45N3O4/c1-9-11-12-16-30(23(31)18-28-26(33)34-27(6,7)8)24(25(32)29-21(5)13-10-2)22-15-14-19(3)17-20(22)4/h14-15,17,21,24H,9-13,16,18H2,1-8H3,(H,28,33)(H,29,32). The van der Waals surface area contributed by atoms with E-state index in [0.29, 0.717) is 6.54 Å². The van der Waals surface area contributed by atoms with Gasteiger partial charge in [0.25, 0.3) is 0 Å². The summed E-state index contributed by atoms with van der Waals surface area (Å²) in [7, 11) is 0. The lowest BCUT2D eigenvalue weighted by atomic mass is 9.96. The fourth-order valence-corrected chi connectivity index (χ4v) is 3.90. The van der Waals surface area contributed by atoms with Crippen molar-refractivity contribution in [2.45, 2.75) is 105 Å². The molecule has 0 aliphatic rings. The van der Waals surface area contributed by atoms with Crippen molar-refractivity contribution in [2.75, 3.05) is 13.1 Å². The van der Waals surface area contributed by atoms with Gasteiger partial charge in [-0.2, -0.15) is 0 Å². The second-order valence-electron chi connectivity index (χ2n) is 10.1. The summed E-state index contributed by atoms with van der Waals surface area (Å²) in [6, 6.07) is 5.15. The summed E-state index contributed by atoms with van der Waals surface area (Å²) in [5.74, 6) is -0.514. The van der Waals surface area contributed by atoms with E-state index in [-0.39, 0.29) is 24.4 Å². The van der Waals surface area contributed by atoms with Crippen LogP contribution in [0.25, 0.3) is 0 Å². The number of benzene rings is 1. The number of amides is 3. The van der Waals surface area contributed by atoms with E-state index in [1.807, 2.05) is 39.0 Å². The van der Waals surface area contributed by atoms with Crippen molar-refractivity contribution >= 4 is 17.9 Å². The van der Waals surface area contributed by atoms with E-state index in [0.717, 1.165) is 48.8 Å². The van der Waals surface area contributed by atoms with Crippen LogP contribution in [-0.2, 0) is 14.3 Å². The number of alkyl carbamates (subject to hydrolysis) is 1. The monoisotopic (exact) mass is 475 g/mol. The zero-order valence-corrected chi connectivity index (χ0v) is 22.4. The number of nitrogens with zero attached hydrogens (tertiary/aromatic N) is 1. The van der Waals surface area contributed by atoms with E-state index < -0.39 is 17.7 Å². The van der Waals surface area contributed by atoms with E-state index >= 15 is 0 Å². The molecule has 0 aromatic heterocycles. The highest BCUT2D eigenvalue weighted by Crippen LogP contribution is 2.26. The molecule has 1 rings (SSSR count). The van der Waals surface area contributed by atoms with E-state index in [1.54, 1.807) is 25.7 Å². The third-order valence-corrected chi connectivity index (χ3v) is 5.50. The van der Waals surface area contributed by atoms with Gasteiger partial charge in [-0.3, -0.25) is 9.59 Å². The summed E-state index contributed by atoms with van der Waals surface area (Å²) < 4.78 is 5.27. The zero-order valence-electron chi connectivity index (χ0n) is 22.4. The molecule has 2 N–H and O–H groups in total. The van der Waals surface area contributed by atoms with Crippen molar-refractivity contribution < 1.29 is 19.1 Å². The fraction of sp³-hybridized carbons (Fsp3) is 0.667. The summed E-state index contributed by atoms with van der Waals surface area (Å²) in [6.07, 6.45) is 3.86. The normalized spacial score (nSPS) is 13.1. The Morgan fingerprint density at radius 2 is 1.74 bits per heavy atom. The van der Waals surface area contributed by atoms with Gasteiger partial charge in [0, 0.05) is 12.6 Å². The van der Waals surface area contributed by atoms with Crippen molar-refractivity contribution in [1.29, 1.82) is 0 Å². The molecule has 1 aromatic carbocycles. The Morgan fingerprint density at radius 1 is 1.06 bits per heavy atom. The Hall–Kier alpha value is -2.57. The average Bonchev–Trinajstić information content (AvgIpc) is 2.71. The molecule has 192 valence electrons. The molecule has 7 heteroatoms. The SMILES string of the molecule is CCCCCN(C(=O)CNC(=O)OC(C)(C)C)C(C(=O)NC(C)CCC)c1ccc(C)cc1C. The molecule has 0 spiro atoms. The molecule has 3 amide bonds. The van der Waals surface area contributed by atoms with Crippen molar-refractivity contribution in [3.8, 4) is 0 Å². The van der Waals surface area contributed by atoms with Crippen molar-refractivity contribution in [2.24, 2.45) is 0 Å². The lowest BCUT2D eigenvalue weighted by Gasteiger charge is -2.33. The summed E-state index contributed by atoms with van der Waals surface area (Å²) >= 11 is 0. The highest BCUT2D eigenvalue weighted by atomic mass is 16.6. The molecule has 0 bridgehead atoms. The van der Waals surface area contributed by atoms with Crippen LogP contribution in [0.2, 0.25) is 0 Å². The maximum atomic E-state index is 13.6. The van der Waals surface area contributed by atoms with Gasteiger partial charge in [0.15, 0.2) is 0 Å². The second-order valence-corrected chi connectivity index (χ2v) is 10.1. The first-order chi connectivity index (χ1) is 15.9. The van der Waals surface area contributed by atoms with Crippen LogP contribution < -0.4 is 10.6 Å². The van der Waals surface area contributed by atoms with E-state index in [9.17, 15) is 14.4 Å². The van der Waals surface area contributed by atoms with Crippen LogP contribution in [0.1, 0.15) is 96.4 Å². The summed E-state index contributed by atoms with van der Waals surface area (Å²) in [6.45, 7) is 15.6. The Morgan fingerprint density at radius 3 is 2.29 bits per heavy atom. The molecule has 0 radical (unpaired) electrons. The van der Waals surface area contributed by atoms with Crippen LogP contribution in [-0.4, -0.2) is 47.5 Å². The molecule has 0 aliphatic heterocycles. The van der Waals surface area contributed by atoms with Crippen LogP contribution in [0.4, 0.5) is 4.79 Å². The topological polar surface area (TPSA) is 87.7 Å². The third kappa shape index (κ3) is 10.1. The first-order valence-electron chi connectivity index (χ1n) is 12.5. The van der Waals surface area contributed by atoms with Gasteiger partial charge in [-0.05, 0) is 65.5 Å². The number of hydrogen-bond donors (Lipinski definition) is 2. The first kappa shape index (κ1) is 29.5. The van der Waals surface area contributed by atoms with Crippen LogP contribution in [0.15, 0.2) is 18.2 Å². The van der Waals surface area contributed by atoms with Gasteiger partial charge in [-0.1, -0.05) is 56.9 Å². The Labute approximate surface area is 206 Å². The predicted molar refractivity (Wildman–Crippen MR) is 137 cm³/mol. The third-order valence-electron chi connectivity index (χ3n) is 5.50. The molecule has 0 aliphatic carbocycles. The van der Waals surface area contributed by atoms with Gasteiger partial charge < -0.3 is 20.3 Å². The van der Waals surface area contributed by atoms with E-state index in [1.165, 1.54) is 0 Å². The minimum Gasteiger partial charge on any atom is -0.444 e. The Bertz CT molecular complexity index is 817. The number of rotatable bonds is 12. The maximum Gasteiger partial charge on any atom is 0.408 e. The van der Waals surface area contributed by atoms with Gasteiger partial charge in [0.1, 0.15) is 18.2 Å². The van der Waals surface area contributed by atoms with Crippen LogP contribution >= 0.6 is 0 Å². The smallest absolute Gasteiger partial charge is 0.408 e. The van der Waals surface area contributed by atoms with Gasteiger partial charge >= 0.3 is 6.09 Å². The average molecular weight is 476 g/mol. The Balaban J connectivity index is 3.28. The highest BCUT2D eigenvalue weighted by Gasteiger charge is 2.33. The minimum absolute atomic E-state index is 0.00163. The zero-order chi connectivity index (χ0) is 25.9. The van der Waals surface area contributed by atoms with Gasteiger partial charge in [0.2, 0.25) is 11.8 Å². The van der Waals surface area contributed by atoms with Gasteiger partial charge in [0.05, 0.1) is 0 Å². The van der Waals surface area contributed by atoms with Crippen molar-refractivity contribution in [3.63, 3.8) is 0 Å². The molecule has 0 saturated carbocycles. The quantitative estimate of drug-likeness (QED) is 0.407. The summed E-state index contributed by atoms with van der Waals surface area (Å²) in [5, 5.41) is 5.65. The molecule has 0 fully saturated rings. The van der Waals surface area contributed by atoms with Gasteiger partial charge in [-0.25, -0.2) is 4.79 Å². The van der Waals surface area contributed by atoms with E-state index in [2.05, 4.69) is 24.5 Å². The molecule has 34 heavy (non-hydrogen) atoms. The fourth-order valence-electron chi connectivity index (χ4n) is 3.90. The molecular weight excluding hydrogens is 430 g/mol. The molecule has 0 saturated heterocycles. The molecular formula is C27H45N3O4. The van der Waals surface area contributed by atoms with Gasteiger partial charge in [-0.15, -0.1) is 0 Å². The molecule has 2 unspecified atom stereocenters. The number of hydrogen-bond acceptors (Lipinski definition) is 4. The predicted octanol–water partition coefficient (Wildman–Crippen LogP) is 5.19.